The van der Waals surface area contributed by atoms with Gasteiger partial charge in [0.25, 0.3) is 5.91 Å². The van der Waals surface area contributed by atoms with E-state index < -0.39 is 45.6 Å². The van der Waals surface area contributed by atoms with Crippen LogP contribution in [0, 0.1) is 5.82 Å². The fourth-order valence-electron chi connectivity index (χ4n) is 4.06. The molecule has 1 aliphatic carbocycles. The number of nitrogens with zero attached hydrogens (tertiary/aromatic N) is 1. The summed E-state index contributed by atoms with van der Waals surface area (Å²) >= 11 is 0. The molecule has 1 saturated heterocycles. The van der Waals surface area contributed by atoms with Crippen molar-refractivity contribution < 1.29 is 27.1 Å². The summed E-state index contributed by atoms with van der Waals surface area (Å²) in [4.78, 5) is 26.5. The number of amides is 1. The molecule has 2 fully saturated rings. The van der Waals surface area contributed by atoms with Crippen molar-refractivity contribution in [2.45, 2.75) is 43.6 Å². The van der Waals surface area contributed by atoms with Crippen LogP contribution >= 0.6 is 0 Å². The fourth-order valence-corrected chi connectivity index (χ4v) is 5.84. The van der Waals surface area contributed by atoms with Crippen LogP contribution in [0.5, 0.6) is 0 Å². The van der Waals surface area contributed by atoms with Gasteiger partial charge in [0, 0.05) is 18.7 Å². The lowest BCUT2D eigenvalue weighted by Crippen LogP contribution is -2.42. The molecule has 0 spiro atoms. The Hall–Kier alpha value is -1.96. The highest BCUT2D eigenvalue weighted by atomic mass is 32.2. The number of carbonyl (C=O) groups is 2. The van der Waals surface area contributed by atoms with E-state index in [4.69, 9.17) is 4.74 Å². The molecule has 0 bridgehead atoms. The molecule has 1 aromatic rings. The predicted molar refractivity (Wildman–Crippen MR) is 97.3 cm³/mol. The predicted octanol–water partition coefficient (Wildman–Crippen LogP) is 1.83. The van der Waals surface area contributed by atoms with Crippen molar-refractivity contribution in [2.75, 3.05) is 25.2 Å². The molecule has 1 amide bonds. The quantitative estimate of drug-likeness (QED) is 0.708. The first-order valence-corrected chi connectivity index (χ1v) is 11.0. The molecule has 3 rings (SSSR count). The van der Waals surface area contributed by atoms with Crippen LogP contribution < -0.4 is 0 Å². The van der Waals surface area contributed by atoms with Gasteiger partial charge >= 0.3 is 5.97 Å². The maximum absolute atomic E-state index is 14.3. The number of rotatable bonds is 5. The summed E-state index contributed by atoms with van der Waals surface area (Å²) in [6.45, 7) is -0.470. The number of esters is 1. The molecule has 6 nitrogen and oxygen atoms in total. The minimum absolute atomic E-state index is 0.0610. The van der Waals surface area contributed by atoms with Gasteiger partial charge in [-0.25, -0.2) is 12.8 Å². The molecule has 8 heteroatoms. The first-order chi connectivity index (χ1) is 12.8. The molecule has 148 valence electrons. The molecule has 0 unspecified atom stereocenters. The van der Waals surface area contributed by atoms with E-state index >= 15 is 0 Å². The average Bonchev–Trinajstić information content (AvgIpc) is 3.26. The van der Waals surface area contributed by atoms with Crippen molar-refractivity contribution in [1.82, 2.24) is 4.90 Å². The molecule has 1 aromatic carbocycles. The van der Waals surface area contributed by atoms with Crippen LogP contribution in [-0.4, -0.2) is 56.4 Å². The van der Waals surface area contributed by atoms with E-state index in [0.29, 0.717) is 24.8 Å². The summed E-state index contributed by atoms with van der Waals surface area (Å²) in [5.41, 5.74) is -0.740. The summed E-state index contributed by atoms with van der Waals surface area (Å²) in [5.74, 6) is -1.50. The number of halogens is 1. The zero-order chi connectivity index (χ0) is 19.7. The van der Waals surface area contributed by atoms with E-state index in [9.17, 15) is 22.4 Å². The largest absolute Gasteiger partial charge is 0.455 e. The smallest absolute Gasteiger partial charge is 0.317 e. The van der Waals surface area contributed by atoms with Gasteiger partial charge in [-0.05, 0) is 25.3 Å². The monoisotopic (exact) mass is 397 g/mol. The number of ether oxygens (including phenoxy) is 1. The third kappa shape index (κ3) is 4.00. The minimum Gasteiger partial charge on any atom is -0.455 e. The van der Waals surface area contributed by atoms with E-state index in [1.807, 2.05) is 0 Å². The van der Waals surface area contributed by atoms with E-state index in [-0.39, 0.29) is 11.5 Å². The highest BCUT2D eigenvalue weighted by molar-refractivity contribution is 7.91. The Kier molecular flexibility index (Phi) is 5.55. The van der Waals surface area contributed by atoms with Crippen LogP contribution in [0.25, 0.3) is 0 Å². The first-order valence-electron chi connectivity index (χ1n) is 9.13. The number of hydrogen-bond acceptors (Lipinski definition) is 5. The van der Waals surface area contributed by atoms with Gasteiger partial charge in [0.05, 0.1) is 16.9 Å². The Bertz CT molecular complexity index is 832. The van der Waals surface area contributed by atoms with Crippen molar-refractivity contribution in [3.8, 4) is 0 Å². The van der Waals surface area contributed by atoms with E-state index in [0.717, 1.165) is 12.8 Å². The van der Waals surface area contributed by atoms with Crippen LogP contribution in [0.15, 0.2) is 24.3 Å². The van der Waals surface area contributed by atoms with Gasteiger partial charge in [0.15, 0.2) is 16.4 Å². The summed E-state index contributed by atoms with van der Waals surface area (Å²) in [7, 11) is -1.59. The van der Waals surface area contributed by atoms with Gasteiger partial charge in [-0.2, -0.15) is 0 Å². The summed E-state index contributed by atoms with van der Waals surface area (Å²) < 4.78 is 42.8. The SMILES string of the molecule is CN(C(=O)COC(=O)C1(c2ccccc2F)CCCC1)[C@H]1CCS(=O)(=O)C1. The zero-order valence-corrected chi connectivity index (χ0v) is 16.1. The van der Waals surface area contributed by atoms with Crippen LogP contribution in [0.1, 0.15) is 37.7 Å². The minimum atomic E-state index is -3.11. The van der Waals surface area contributed by atoms with E-state index in [1.54, 1.807) is 18.2 Å². The Labute approximate surface area is 158 Å². The van der Waals surface area contributed by atoms with Crippen molar-refractivity contribution in [3.63, 3.8) is 0 Å². The second kappa shape index (κ2) is 7.58. The van der Waals surface area contributed by atoms with Crippen LogP contribution in [0.3, 0.4) is 0 Å². The molecular formula is C19H24FNO5S. The second-order valence-corrected chi connectivity index (χ2v) is 9.64. The molecule has 1 aliphatic heterocycles. The fraction of sp³-hybridized carbons (Fsp3) is 0.579. The molecule has 1 saturated carbocycles. The number of sulfone groups is 1. The highest BCUT2D eigenvalue weighted by Gasteiger charge is 2.46. The van der Waals surface area contributed by atoms with Crippen LogP contribution in [0.4, 0.5) is 4.39 Å². The summed E-state index contributed by atoms with van der Waals surface area (Å²) in [6, 6.07) is 5.78. The third-order valence-electron chi connectivity index (χ3n) is 5.71. The lowest BCUT2D eigenvalue weighted by molar-refractivity contribution is -0.157. The average molecular weight is 397 g/mol. The van der Waals surface area contributed by atoms with Gasteiger partial charge in [0.2, 0.25) is 0 Å². The lowest BCUT2D eigenvalue weighted by atomic mass is 9.78. The van der Waals surface area contributed by atoms with Crippen molar-refractivity contribution >= 4 is 21.7 Å². The van der Waals surface area contributed by atoms with Crippen LogP contribution in [0.2, 0.25) is 0 Å². The lowest BCUT2D eigenvalue weighted by Gasteiger charge is -2.28. The Morgan fingerprint density at radius 3 is 2.52 bits per heavy atom. The number of hydrogen-bond donors (Lipinski definition) is 0. The zero-order valence-electron chi connectivity index (χ0n) is 15.3. The van der Waals surface area contributed by atoms with Crippen LogP contribution in [-0.2, 0) is 29.6 Å². The van der Waals surface area contributed by atoms with E-state index in [1.165, 1.54) is 18.0 Å². The number of likely N-dealkylation sites (N-methyl/N-ethyl adjacent to an activating group) is 1. The Morgan fingerprint density at radius 2 is 1.93 bits per heavy atom. The first kappa shape index (κ1) is 19.8. The molecule has 1 atom stereocenters. The molecule has 0 N–H and O–H groups in total. The van der Waals surface area contributed by atoms with Crippen molar-refractivity contribution in [2.24, 2.45) is 0 Å². The molecule has 1 heterocycles. The standard InChI is InChI=1S/C19H24FNO5S/c1-21(14-8-11-27(24,25)13-14)17(22)12-26-18(23)19(9-4-5-10-19)15-6-2-3-7-16(15)20/h2-3,6-7,14H,4-5,8-13H2,1H3/t14-/m0/s1. The van der Waals surface area contributed by atoms with E-state index in [2.05, 4.69) is 0 Å². The topological polar surface area (TPSA) is 80.8 Å². The van der Waals surface area contributed by atoms with Crippen molar-refractivity contribution in [1.29, 1.82) is 0 Å². The van der Waals surface area contributed by atoms with Gasteiger partial charge in [-0.1, -0.05) is 31.0 Å². The maximum atomic E-state index is 14.3. The Balaban J connectivity index is 1.67. The second-order valence-electron chi connectivity index (χ2n) is 7.41. The Morgan fingerprint density at radius 1 is 1.26 bits per heavy atom. The molecule has 0 radical (unpaired) electrons. The third-order valence-corrected chi connectivity index (χ3v) is 7.46. The molecule has 2 aliphatic rings. The molecular weight excluding hydrogens is 373 g/mol. The number of carbonyl (C=O) groups excluding carboxylic acids is 2. The summed E-state index contributed by atoms with van der Waals surface area (Å²) in [6.07, 6.45) is 2.93. The maximum Gasteiger partial charge on any atom is 0.317 e. The molecule has 27 heavy (non-hydrogen) atoms. The van der Waals surface area contributed by atoms with Gasteiger partial charge < -0.3 is 9.64 Å². The van der Waals surface area contributed by atoms with Crippen molar-refractivity contribution in [3.05, 3.63) is 35.6 Å². The van der Waals surface area contributed by atoms with Gasteiger partial charge in [-0.3, -0.25) is 9.59 Å². The summed E-state index contributed by atoms with van der Waals surface area (Å²) in [5, 5.41) is 0. The number of benzene rings is 1. The normalized spacial score (nSPS) is 23.1. The van der Waals surface area contributed by atoms with Gasteiger partial charge in [0.1, 0.15) is 5.82 Å². The molecule has 0 aromatic heterocycles. The van der Waals surface area contributed by atoms with Gasteiger partial charge in [-0.15, -0.1) is 0 Å². The highest BCUT2D eigenvalue weighted by Crippen LogP contribution is 2.43.